The van der Waals surface area contributed by atoms with E-state index in [1.165, 1.54) is 35.6 Å². The third-order valence-corrected chi connectivity index (χ3v) is 3.99. The molecule has 0 unspecified atom stereocenters. The van der Waals surface area contributed by atoms with Crippen molar-refractivity contribution >= 4 is 17.4 Å². The molecular formula is C12H18N2S. The van der Waals surface area contributed by atoms with Gasteiger partial charge in [0, 0.05) is 24.6 Å². The highest BCUT2D eigenvalue weighted by Gasteiger charge is 2.13. The lowest BCUT2D eigenvalue weighted by Gasteiger charge is -2.22. The molecule has 0 spiro atoms. The molecule has 2 nitrogen and oxygen atoms in total. The SMILES string of the molecule is Cc1cnccc1NCC1CCSCC1. The zero-order valence-corrected chi connectivity index (χ0v) is 10.0. The van der Waals surface area contributed by atoms with Crippen LogP contribution >= 0.6 is 11.8 Å². The number of rotatable bonds is 3. The summed E-state index contributed by atoms with van der Waals surface area (Å²) < 4.78 is 0. The van der Waals surface area contributed by atoms with Gasteiger partial charge in [0.2, 0.25) is 0 Å². The molecule has 1 fully saturated rings. The van der Waals surface area contributed by atoms with Crippen LogP contribution in [0, 0.1) is 12.8 Å². The number of pyridine rings is 1. The van der Waals surface area contributed by atoms with E-state index in [4.69, 9.17) is 0 Å². The Morgan fingerprint density at radius 2 is 2.27 bits per heavy atom. The number of nitrogens with zero attached hydrogens (tertiary/aromatic N) is 1. The summed E-state index contributed by atoms with van der Waals surface area (Å²) in [5.41, 5.74) is 2.48. The van der Waals surface area contributed by atoms with Crippen molar-refractivity contribution in [1.29, 1.82) is 0 Å². The normalized spacial score (nSPS) is 17.7. The van der Waals surface area contributed by atoms with Crippen LogP contribution in [-0.2, 0) is 0 Å². The average Bonchev–Trinajstić information content (AvgIpc) is 2.29. The summed E-state index contributed by atoms with van der Waals surface area (Å²) in [5.74, 6) is 3.53. The molecule has 0 amide bonds. The van der Waals surface area contributed by atoms with Gasteiger partial charge < -0.3 is 5.32 Å². The Hall–Kier alpha value is -0.700. The molecule has 0 atom stereocenters. The summed E-state index contributed by atoms with van der Waals surface area (Å²) in [6, 6.07) is 2.06. The summed E-state index contributed by atoms with van der Waals surface area (Å²) in [7, 11) is 0. The molecule has 1 saturated heterocycles. The van der Waals surface area contributed by atoms with Crippen LogP contribution in [0.5, 0.6) is 0 Å². The van der Waals surface area contributed by atoms with Crippen molar-refractivity contribution < 1.29 is 0 Å². The van der Waals surface area contributed by atoms with Gasteiger partial charge in [-0.2, -0.15) is 11.8 Å². The molecule has 1 aromatic rings. The van der Waals surface area contributed by atoms with E-state index in [-0.39, 0.29) is 0 Å². The van der Waals surface area contributed by atoms with Gasteiger partial charge in [-0.05, 0) is 48.8 Å². The van der Waals surface area contributed by atoms with Crippen LogP contribution in [0.2, 0.25) is 0 Å². The fourth-order valence-electron chi connectivity index (χ4n) is 1.88. The second-order valence-corrected chi connectivity index (χ2v) is 5.35. The third kappa shape index (κ3) is 3.13. The van der Waals surface area contributed by atoms with Gasteiger partial charge in [0.1, 0.15) is 0 Å². The molecule has 2 heterocycles. The first kappa shape index (κ1) is 10.8. The molecular weight excluding hydrogens is 204 g/mol. The van der Waals surface area contributed by atoms with Crippen LogP contribution in [0.15, 0.2) is 18.5 Å². The van der Waals surface area contributed by atoms with Gasteiger partial charge >= 0.3 is 0 Å². The minimum atomic E-state index is 0.860. The molecule has 0 radical (unpaired) electrons. The standard InChI is InChI=1S/C12H18N2S/c1-10-8-13-5-2-12(10)14-9-11-3-6-15-7-4-11/h2,5,8,11H,3-4,6-7,9H2,1H3,(H,13,14). The van der Waals surface area contributed by atoms with E-state index in [2.05, 4.69) is 35.1 Å². The zero-order chi connectivity index (χ0) is 10.5. The average molecular weight is 222 g/mol. The van der Waals surface area contributed by atoms with Gasteiger partial charge in [0.25, 0.3) is 0 Å². The molecule has 0 aliphatic carbocycles. The maximum atomic E-state index is 4.10. The molecule has 1 N–H and O–H groups in total. The molecule has 0 bridgehead atoms. The second-order valence-electron chi connectivity index (χ2n) is 4.13. The van der Waals surface area contributed by atoms with Crippen LogP contribution in [0.25, 0.3) is 0 Å². The van der Waals surface area contributed by atoms with Crippen molar-refractivity contribution in [3.63, 3.8) is 0 Å². The molecule has 2 rings (SSSR count). The third-order valence-electron chi connectivity index (χ3n) is 2.94. The summed E-state index contributed by atoms with van der Waals surface area (Å²) in [6.07, 6.45) is 6.49. The lowest BCUT2D eigenvalue weighted by Crippen LogP contribution is -2.19. The minimum Gasteiger partial charge on any atom is -0.384 e. The van der Waals surface area contributed by atoms with Gasteiger partial charge in [-0.3, -0.25) is 4.98 Å². The second kappa shape index (κ2) is 5.40. The van der Waals surface area contributed by atoms with Gasteiger partial charge in [-0.1, -0.05) is 0 Å². The van der Waals surface area contributed by atoms with Crippen molar-refractivity contribution in [2.24, 2.45) is 5.92 Å². The van der Waals surface area contributed by atoms with Gasteiger partial charge in [0.15, 0.2) is 0 Å². The Morgan fingerprint density at radius 1 is 1.47 bits per heavy atom. The van der Waals surface area contributed by atoms with Crippen LogP contribution in [0.3, 0.4) is 0 Å². The van der Waals surface area contributed by atoms with Crippen LogP contribution in [0.1, 0.15) is 18.4 Å². The van der Waals surface area contributed by atoms with Gasteiger partial charge in [-0.25, -0.2) is 0 Å². The molecule has 3 heteroatoms. The summed E-state index contributed by atoms with van der Waals surface area (Å²) in [5, 5.41) is 3.53. The smallest absolute Gasteiger partial charge is 0.0400 e. The fourth-order valence-corrected chi connectivity index (χ4v) is 3.08. The highest BCUT2D eigenvalue weighted by molar-refractivity contribution is 7.99. The Balaban J connectivity index is 1.84. The van der Waals surface area contributed by atoms with Crippen LogP contribution in [0.4, 0.5) is 5.69 Å². The molecule has 15 heavy (non-hydrogen) atoms. The maximum Gasteiger partial charge on any atom is 0.0400 e. The first-order chi connectivity index (χ1) is 7.36. The largest absolute Gasteiger partial charge is 0.384 e. The zero-order valence-electron chi connectivity index (χ0n) is 9.20. The van der Waals surface area contributed by atoms with E-state index in [0.717, 1.165) is 12.5 Å². The molecule has 1 aliphatic rings. The summed E-state index contributed by atoms with van der Waals surface area (Å²) >= 11 is 2.09. The number of hydrogen-bond donors (Lipinski definition) is 1. The maximum absolute atomic E-state index is 4.10. The predicted molar refractivity (Wildman–Crippen MR) is 67.5 cm³/mol. The van der Waals surface area contributed by atoms with Crippen molar-refractivity contribution in [2.75, 3.05) is 23.4 Å². The van der Waals surface area contributed by atoms with Crippen LogP contribution in [-0.4, -0.2) is 23.0 Å². The highest BCUT2D eigenvalue weighted by Crippen LogP contribution is 2.23. The van der Waals surface area contributed by atoms with Gasteiger partial charge in [0.05, 0.1) is 0 Å². The van der Waals surface area contributed by atoms with Crippen LogP contribution < -0.4 is 5.32 Å². The highest BCUT2D eigenvalue weighted by atomic mass is 32.2. The number of anilines is 1. The first-order valence-corrected chi connectivity index (χ1v) is 6.74. The number of thioether (sulfide) groups is 1. The molecule has 1 aliphatic heterocycles. The fraction of sp³-hybridized carbons (Fsp3) is 0.583. The predicted octanol–water partition coefficient (Wildman–Crippen LogP) is 2.95. The first-order valence-electron chi connectivity index (χ1n) is 5.58. The minimum absolute atomic E-state index is 0.860. The number of nitrogens with one attached hydrogen (secondary N) is 1. The Kier molecular flexibility index (Phi) is 3.89. The topological polar surface area (TPSA) is 24.9 Å². The van der Waals surface area contributed by atoms with E-state index >= 15 is 0 Å². The van der Waals surface area contributed by atoms with Gasteiger partial charge in [-0.15, -0.1) is 0 Å². The lowest BCUT2D eigenvalue weighted by atomic mass is 10.0. The van der Waals surface area contributed by atoms with E-state index in [1.807, 2.05) is 12.4 Å². The summed E-state index contributed by atoms with van der Waals surface area (Å²) in [4.78, 5) is 4.10. The van der Waals surface area contributed by atoms with E-state index in [9.17, 15) is 0 Å². The van der Waals surface area contributed by atoms with Crippen molar-refractivity contribution in [1.82, 2.24) is 4.98 Å². The van der Waals surface area contributed by atoms with E-state index < -0.39 is 0 Å². The van der Waals surface area contributed by atoms with E-state index in [1.54, 1.807) is 0 Å². The Bertz CT molecular complexity index is 308. The van der Waals surface area contributed by atoms with Crippen molar-refractivity contribution in [2.45, 2.75) is 19.8 Å². The molecule has 1 aromatic heterocycles. The molecule has 0 saturated carbocycles. The molecule has 82 valence electrons. The number of aryl methyl sites for hydroxylation is 1. The Labute approximate surface area is 95.9 Å². The number of aromatic nitrogens is 1. The Morgan fingerprint density at radius 3 is 3.00 bits per heavy atom. The number of hydrogen-bond acceptors (Lipinski definition) is 3. The molecule has 0 aromatic carbocycles. The van der Waals surface area contributed by atoms with Crippen molar-refractivity contribution in [3.8, 4) is 0 Å². The van der Waals surface area contributed by atoms with Crippen molar-refractivity contribution in [3.05, 3.63) is 24.0 Å². The monoisotopic (exact) mass is 222 g/mol. The lowest BCUT2D eigenvalue weighted by molar-refractivity contribution is 0.516. The quantitative estimate of drug-likeness (QED) is 0.851. The van der Waals surface area contributed by atoms with E-state index in [0.29, 0.717) is 0 Å². The summed E-state index contributed by atoms with van der Waals surface area (Å²) in [6.45, 7) is 3.22.